The molecule has 1 aromatic carbocycles. The average molecular weight is 345 g/mol. The van der Waals surface area contributed by atoms with Crippen LogP contribution in [0.5, 0.6) is 11.5 Å². The van der Waals surface area contributed by atoms with Gasteiger partial charge in [-0.15, -0.1) is 11.3 Å². The molecule has 0 saturated carbocycles. The zero-order valence-corrected chi connectivity index (χ0v) is 14.4. The minimum Gasteiger partial charge on any atom is -0.493 e. The summed E-state index contributed by atoms with van der Waals surface area (Å²) in [5.41, 5.74) is 1.86. The van der Waals surface area contributed by atoms with Crippen molar-refractivity contribution in [1.82, 2.24) is 14.7 Å². The van der Waals surface area contributed by atoms with Crippen molar-refractivity contribution in [3.05, 3.63) is 47.2 Å². The van der Waals surface area contributed by atoms with Crippen LogP contribution < -0.4 is 14.8 Å². The molecule has 0 fully saturated rings. The lowest BCUT2D eigenvalue weighted by Crippen LogP contribution is -2.27. The fourth-order valence-electron chi connectivity index (χ4n) is 2.47. The molecule has 2 heterocycles. The smallest absolute Gasteiger partial charge is 0.226 e. The molecule has 0 bridgehead atoms. The van der Waals surface area contributed by atoms with Crippen LogP contribution in [0.4, 0.5) is 0 Å². The molecule has 0 aliphatic heterocycles. The highest BCUT2D eigenvalue weighted by molar-refractivity contribution is 7.15. The number of fused-ring (bicyclic) bond motifs is 1. The molecular formula is C17H19N3O3S. The molecule has 0 aliphatic rings. The molecule has 3 aromatic rings. The monoisotopic (exact) mass is 345 g/mol. The first-order valence-electron chi connectivity index (χ1n) is 7.58. The van der Waals surface area contributed by atoms with E-state index in [-0.39, 0.29) is 5.91 Å². The number of amides is 1. The SMILES string of the molecule is COc1ccc(CCNC(=O)Cc2cn3ccsc3n2)cc1OC. The van der Waals surface area contributed by atoms with Gasteiger partial charge in [0.05, 0.1) is 26.3 Å². The van der Waals surface area contributed by atoms with Crippen molar-refractivity contribution in [2.75, 3.05) is 20.8 Å². The van der Waals surface area contributed by atoms with Crippen LogP contribution in [0.1, 0.15) is 11.3 Å². The van der Waals surface area contributed by atoms with Gasteiger partial charge in [0, 0.05) is 24.3 Å². The molecule has 2 aromatic heterocycles. The molecule has 0 aliphatic carbocycles. The van der Waals surface area contributed by atoms with E-state index in [2.05, 4.69) is 10.3 Å². The van der Waals surface area contributed by atoms with Crippen LogP contribution in [0.2, 0.25) is 0 Å². The largest absolute Gasteiger partial charge is 0.493 e. The highest BCUT2D eigenvalue weighted by atomic mass is 32.1. The van der Waals surface area contributed by atoms with Crippen molar-refractivity contribution in [2.24, 2.45) is 0 Å². The van der Waals surface area contributed by atoms with E-state index in [1.165, 1.54) is 0 Å². The van der Waals surface area contributed by atoms with Crippen LogP contribution in [0.15, 0.2) is 36.0 Å². The van der Waals surface area contributed by atoms with Crippen molar-refractivity contribution >= 4 is 22.2 Å². The minimum atomic E-state index is -0.0266. The summed E-state index contributed by atoms with van der Waals surface area (Å²) in [7, 11) is 3.22. The summed E-state index contributed by atoms with van der Waals surface area (Å²) in [5, 5.41) is 4.89. The van der Waals surface area contributed by atoms with Gasteiger partial charge in [0.25, 0.3) is 0 Å². The maximum atomic E-state index is 12.0. The first-order valence-corrected chi connectivity index (χ1v) is 8.46. The number of thiazole rings is 1. The number of hydrogen-bond acceptors (Lipinski definition) is 5. The van der Waals surface area contributed by atoms with Gasteiger partial charge in [-0.05, 0) is 24.1 Å². The number of rotatable bonds is 7. The second-order valence-corrected chi connectivity index (χ2v) is 6.16. The maximum absolute atomic E-state index is 12.0. The molecular weight excluding hydrogens is 326 g/mol. The maximum Gasteiger partial charge on any atom is 0.226 e. The zero-order valence-electron chi connectivity index (χ0n) is 13.6. The molecule has 3 rings (SSSR count). The topological polar surface area (TPSA) is 64.9 Å². The number of aromatic nitrogens is 2. The van der Waals surface area contributed by atoms with Crippen molar-refractivity contribution in [3.63, 3.8) is 0 Å². The van der Waals surface area contributed by atoms with Crippen LogP contribution in [-0.4, -0.2) is 36.1 Å². The van der Waals surface area contributed by atoms with Crippen molar-refractivity contribution in [2.45, 2.75) is 12.8 Å². The second-order valence-electron chi connectivity index (χ2n) is 5.29. The Morgan fingerprint density at radius 1 is 1.29 bits per heavy atom. The number of carbonyl (C=O) groups excluding carboxylic acids is 1. The van der Waals surface area contributed by atoms with Gasteiger partial charge in [-0.1, -0.05) is 6.07 Å². The average Bonchev–Trinajstić information content (AvgIpc) is 3.16. The van der Waals surface area contributed by atoms with Crippen LogP contribution in [-0.2, 0) is 17.6 Å². The molecule has 7 heteroatoms. The Hall–Kier alpha value is -2.54. The lowest BCUT2D eigenvalue weighted by Gasteiger charge is -2.10. The zero-order chi connectivity index (χ0) is 16.9. The highest BCUT2D eigenvalue weighted by Crippen LogP contribution is 2.27. The van der Waals surface area contributed by atoms with Crippen molar-refractivity contribution in [3.8, 4) is 11.5 Å². The summed E-state index contributed by atoms with van der Waals surface area (Å²) < 4.78 is 12.4. The molecule has 1 N–H and O–H groups in total. The van der Waals surface area contributed by atoms with Gasteiger partial charge < -0.3 is 14.8 Å². The van der Waals surface area contributed by atoms with Gasteiger partial charge >= 0.3 is 0 Å². The number of methoxy groups -OCH3 is 2. The Morgan fingerprint density at radius 3 is 2.88 bits per heavy atom. The molecule has 6 nitrogen and oxygen atoms in total. The number of carbonyl (C=O) groups is 1. The third-order valence-corrected chi connectivity index (χ3v) is 4.44. The quantitative estimate of drug-likeness (QED) is 0.714. The lowest BCUT2D eigenvalue weighted by molar-refractivity contribution is -0.120. The Labute approximate surface area is 144 Å². The van der Waals surface area contributed by atoms with Gasteiger partial charge in [0.15, 0.2) is 16.5 Å². The van der Waals surface area contributed by atoms with Crippen LogP contribution >= 0.6 is 11.3 Å². The normalized spacial score (nSPS) is 10.8. The first kappa shape index (κ1) is 16.3. The van der Waals surface area contributed by atoms with Gasteiger partial charge in [0.1, 0.15) is 0 Å². The van der Waals surface area contributed by atoms with E-state index in [0.717, 1.165) is 22.6 Å². The number of benzene rings is 1. The van der Waals surface area contributed by atoms with Gasteiger partial charge in [-0.25, -0.2) is 4.98 Å². The molecule has 126 valence electrons. The van der Waals surface area contributed by atoms with Crippen LogP contribution in [0.25, 0.3) is 4.96 Å². The van der Waals surface area contributed by atoms with E-state index >= 15 is 0 Å². The Kier molecular flexibility index (Phi) is 5.00. The summed E-state index contributed by atoms with van der Waals surface area (Å²) in [4.78, 5) is 17.3. The molecule has 24 heavy (non-hydrogen) atoms. The Bertz CT molecular complexity index is 812. The van der Waals surface area contributed by atoms with E-state index in [0.29, 0.717) is 24.5 Å². The fraction of sp³-hybridized carbons (Fsp3) is 0.294. The molecule has 0 atom stereocenters. The first-order chi connectivity index (χ1) is 11.7. The predicted molar refractivity (Wildman–Crippen MR) is 93.0 cm³/mol. The molecule has 0 radical (unpaired) electrons. The fourth-order valence-corrected chi connectivity index (χ4v) is 3.19. The van der Waals surface area contributed by atoms with Crippen molar-refractivity contribution in [1.29, 1.82) is 0 Å². The number of nitrogens with one attached hydrogen (secondary N) is 1. The summed E-state index contributed by atoms with van der Waals surface area (Å²) in [5.74, 6) is 1.37. The number of nitrogens with zero attached hydrogens (tertiary/aromatic N) is 2. The Morgan fingerprint density at radius 2 is 2.12 bits per heavy atom. The van der Waals surface area contributed by atoms with Gasteiger partial charge in [0.2, 0.25) is 5.91 Å². The van der Waals surface area contributed by atoms with Gasteiger partial charge in [-0.2, -0.15) is 0 Å². The number of hydrogen-bond donors (Lipinski definition) is 1. The molecule has 0 spiro atoms. The number of imidazole rings is 1. The van der Waals surface area contributed by atoms with E-state index in [4.69, 9.17) is 9.47 Å². The standard InChI is InChI=1S/C17H19N3O3S/c1-22-14-4-3-12(9-15(14)23-2)5-6-18-16(21)10-13-11-20-7-8-24-17(20)19-13/h3-4,7-9,11H,5-6,10H2,1-2H3,(H,18,21). The third-order valence-electron chi connectivity index (χ3n) is 3.67. The highest BCUT2D eigenvalue weighted by Gasteiger charge is 2.09. The third kappa shape index (κ3) is 3.68. The van der Waals surface area contributed by atoms with Crippen LogP contribution in [0, 0.1) is 0 Å². The lowest BCUT2D eigenvalue weighted by atomic mass is 10.1. The van der Waals surface area contributed by atoms with E-state index in [1.807, 2.05) is 40.4 Å². The second kappa shape index (κ2) is 7.35. The van der Waals surface area contributed by atoms with Gasteiger partial charge in [-0.3, -0.25) is 9.20 Å². The predicted octanol–water partition coefficient (Wildman–Crippen LogP) is 2.31. The Balaban J connectivity index is 1.50. The minimum absolute atomic E-state index is 0.0266. The molecule has 0 saturated heterocycles. The van der Waals surface area contributed by atoms with E-state index in [9.17, 15) is 4.79 Å². The summed E-state index contributed by atoms with van der Waals surface area (Å²) in [6.45, 7) is 0.566. The molecule has 0 unspecified atom stereocenters. The van der Waals surface area contributed by atoms with E-state index < -0.39 is 0 Å². The van der Waals surface area contributed by atoms with Crippen LogP contribution in [0.3, 0.4) is 0 Å². The summed E-state index contributed by atoms with van der Waals surface area (Å²) in [6.07, 6.45) is 4.84. The molecule has 1 amide bonds. The summed E-state index contributed by atoms with van der Waals surface area (Å²) >= 11 is 1.55. The van der Waals surface area contributed by atoms with E-state index in [1.54, 1.807) is 25.6 Å². The van der Waals surface area contributed by atoms with Crippen molar-refractivity contribution < 1.29 is 14.3 Å². The summed E-state index contributed by atoms with van der Waals surface area (Å²) in [6, 6.07) is 5.76. The number of ether oxygens (including phenoxy) is 2.